The molecule has 0 saturated carbocycles. The molecular formula is C25H26ClN3O6S2. The molecule has 2 aromatic carbocycles. The Morgan fingerprint density at radius 1 is 1.14 bits per heavy atom. The van der Waals surface area contributed by atoms with Crippen molar-refractivity contribution in [2.45, 2.75) is 11.8 Å². The molecule has 0 unspecified atom stereocenters. The standard InChI is InChI=1S/C25H26ClN3O6S2/c1-3-35-25(31)17-5-4-6-18(15-17)27-24(30)23-21(16-22(26)36-23)37(32,33)28(2)19-7-9-20(10-8-19)29-11-13-34-14-12-29/h4-10,15-16H,3,11-14H2,1-2H3,(H,27,30). The summed E-state index contributed by atoms with van der Waals surface area (Å²) in [6.07, 6.45) is 0. The van der Waals surface area contributed by atoms with E-state index in [2.05, 4.69) is 10.2 Å². The molecule has 1 aliphatic heterocycles. The topological polar surface area (TPSA) is 105 Å². The lowest BCUT2D eigenvalue weighted by Crippen LogP contribution is -2.36. The number of anilines is 3. The number of carbonyl (C=O) groups excluding carboxylic acids is 2. The molecule has 12 heteroatoms. The summed E-state index contributed by atoms with van der Waals surface area (Å²) in [5, 5.41) is 2.65. The Balaban J connectivity index is 1.56. The SMILES string of the molecule is CCOC(=O)c1cccc(NC(=O)c2sc(Cl)cc2S(=O)(=O)N(C)c2ccc(N3CCOCC3)cc2)c1. The van der Waals surface area contributed by atoms with Gasteiger partial charge >= 0.3 is 5.97 Å². The van der Waals surface area contributed by atoms with Gasteiger partial charge in [0.15, 0.2) is 0 Å². The number of ether oxygens (including phenoxy) is 2. The van der Waals surface area contributed by atoms with E-state index in [1.807, 2.05) is 12.1 Å². The molecule has 0 radical (unpaired) electrons. The van der Waals surface area contributed by atoms with Crippen LogP contribution in [0.1, 0.15) is 27.0 Å². The molecule has 1 fully saturated rings. The summed E-state index contributed by atoms with van der Waals surface area (Å²) in [7, 11) is -2.69. The number of esters is 1. The van der Waals surface area contributed by atoms with Gasteiger partial charge < -0.3 is 19.7 Å². The number of thiophene rings is 1. The van der Waals surface area contributed by atoms with Crippen molar-refractivity contribution < 1.29 is 27.5 Å². The van der Waals surface area contributed by atoms with Crippen molar-refractivity contribution in [1.29, 1.82) is 0 Å². The fourth-order valence-corrected chi connectivity index (χ4v) is 6.69. The van der Waals surface area contributed by atoms with E-state index in [9.17, 15) is 18.0 Å². The number of benzene rings is 2. The maximum Gasteiger partial charge on any atom is 0.338 e. The lowest BCUT2D eigenvalue weighted by molar-refractivity contribution is 0.0526. The Morgan fingerprint density at radius 2 is 1.84 bits per heavy atom. The van der Waals surface area contributed by atoms with Gasteiger partial charge in [0.1, 0.15) is 9.77 Å². The highest BCUT2D eigenvalue weighted by atomic mass is 35.5. The van der Waals surface area contributed by atoms with E-state index in [0.717, 1.165) is 34.4 Å². The average molecular weight is 564 g/mol. The van der Waals surface area contributed by atoms with Crippen LogP contribution in [-0.4, -0.2) is 60.3 Å². The molecule has 4 rings (SSSR count). The van der Waals surface area contributed by atoms with Gasteiger partial charge in [-0.05, 0) is 55.5 Å². The Morgan fingerprint density at radius 3 is 2.51 bits per heavy atom. The third kappa shape index (κ3) is 6.07. The zero-order valence-corrected chi connectivity index (χ0v) is 22.7. The van der Waals surface area contributed by atoms with Crippen LogP contribution in [0.25, 0.3) is 0 Å². The van der Waals surface area contributed by atoms with Crippen LogP contribution in [0.15, 0.2) is 59.5 Å². The highest BCUT2D eigenvalue weighted by Crippen LogP contribution is 2.34. The molecule has 1 aliphatic rings. The van der Waals surface area contributed by atoms with E-state index in [4.69, 9.17) is 21.1 Å². The van der Waals surface area contributed by atoms with Crippen LogP contribution in [0, 0.1) is 0 Å². The second kappa shape index (κ2) is 11.5. The number of amides is 1. The van der Waals surface area contributed by atoms with E-state index >= 15 is 0 Å². The van der Waals surface area contributed by atoms with Gasteiger partial charge in [-0.2, -0.15) is 0 Å². The van der Waals surface area contributed by atoms with Gasteiger partial charge in [0.25, 0.3) is 15.9 Å². The van der Waals surface area contributed by atoms with E-state index in [-0.39, 0.29) is 26.3 Å². The number of carbonyl (C=O) groups is 2. The molecule has 0 atom stereocenters. The summed E-state index contributed by atoms with van der Waals surface area (Å²) in [5.41, 5.74) is 1.99. The van der Waals surface area contributed by atoms with Gasteiger partial charge in [-0.25, -0.2) is 13.2 Å². The van der Waals surface area contributed by atoms with Crippen molar-refractivity contribution in [2.24, 2.45) is 0 Å². The molecule has 37 heavy (non-hydrogen) atoms. The molecule has 2 heterocycles. The third-order valence-electron chi connectivity index (χ3n) is 5.73. The normalized spacial score (nSPS) is 13.8. The molecule has 1 N–H and O–H groups in total. The smallest absolute Gasteiger partial charge is 0.338 e. The van der Waals surface area contributed by atoms with Crippen molar-refractivity contribution in [1.82, 2.24) is 0 Å². The molecule has 0 bridgehead atoms. The van der Waals surface area contributed by atoms with Crippen LogP contribution >= 0.6 is 22.9 Å². The first-order valence-corrected chi connectivity index (χ1v) is 14.1. The number of rotatable bonds is 8. The van der Waals surface area contributed by atoms with Gasteiger partial charge in [-0.1, -0.05) is 17.7 Å². The van der Waals surface area contributed by atoms with Gasteiger partial charge in [-0.15, -0.1) is 11.3 Å². The fraction of sp³-hybridized carbons (Fsp3) is 0.280. The maximum absolute atomic E-state index is 13.5. The molecule has 1 amide bonds. The molecule has 9 nitrogen and oxygen atoms in total. The molecule has 3 aromatic rings. The summed E-state index contributed by atoms with van der Waals surface area (Å²) in [5.74, 6) is -1.19. The zero-order chi connectivity index (χ0) is 26.6. The van der Waals surface area contributed by atoms with Crippen LogP contribution in [0.5, 0.6) is 0 Å². The number of halogens is 1. The Hall–Kier alpha value is -3.12. The highest BCUT2D eigenvalue weighted by Gasteiger charge is 2.30. The number of nitrogens with one attached hydrogen (secondary N) is 1. The minimum absolute atomic E-state index is 0.0664. The fourth-order valence-electron chi connectivity index (χ4n) is 3.80. The van der Waals surface area contributed by atoms with Crippen molar-refractivity contribution >= 4 is 61.9 Å². The van der Waals surface area contributed by atoms with E-state index in [1.54, 1.807) is 37.3 Å². The summed E-state index contributed by atoms with van der Waals surface area (Å²) in [6.45, 7) is 4.74. The monoisotopic (exact) mass is 563 g/mol. The summed E-state index contributed by atoms with van der Waals surface area (Å²) < 4.78 is 38.7. The highest BCUT2D eigenvalue weighted by molar-refractivity contribution is 7.93. The predicted octanol–water partition coefficient (Wildman–Crippen LogP) is 4.49. The lowest BCUT2D eigenvalue weighted by Gasteiger charge is -2.29. The average Bonchev–Trinajstić information content (AvgIpc) is 3.32. The third-order valence-corrected chi connectivity index (χ3v) is 8.94. The van der Waals surface area contributed by atoms with Crippen LogP contribution in [0.3, 0.4) is 0 Å². The maximum atomic E-state index is 13.5. The van der Waals surface area contributed by atoms with E-state index < -0.39 is 21.9 Å². The van der Waals surface area contributed by atoms with Crippen molar-refractivity contribution in [3.05, 3.63) is 69.4 Å². The van der Waals surface area contributed by atoms with Crippen LogP contribution in [0.2, 0.25) is 4.34 Å². The molecule has 0 spiro atoms. The number of sulfonamides is 1. The Kier molecular flexibility index (Phi) is 8.38. The van der Waals surface area contributed by atoms with Gasteiger partial charge in [0.2, 0.25) is 0 Å². The predicted molar refractivity (Wildman–Crippen MR) is 145 cm³/mol. The molecule has 0 aliphatic carbocycles. The second-order valence-electron chi connectivity index (χ2n) is 8.09. The van der Waals surface area contributed by atoms with Crippen molar-refractivity contribution in [2.75, 3.05) is 54.5 Å². The minimum atomic E-state index is -4.12. The van der Waals surface area contributed by atoms with Crippen LogP contribution in [0.4, 0.5) is 17.1 Å². The van der Waals surface area contributed by atoms with Gasteiger partial charge in [0, 0.05) is 31.5 Å². The Labute approximate surface area is 224 Å². The number of morpholine rings is 1. The summed E-state index contributed by atoms with van der Waals surface area (Å²) in [6, 6.07) is 14.6. The van der Waals surface area contributed by atoms with Crippen LogP contribution in [-0.2, 0) is 19.5 Å². The van der Waals surface area contributed by atoms with Gasteiger partial charge in [-0.3, -0.25) is 9.10 Å². The molecule has 196 valence electrons. The van der Waals surface area contributed by atoms with Crippen LogP contribution < -0.4 is 14.5 Å². The number of nitrogens with zero attached hydrogens (tertiary/aromatic N) is 2. The largest absolute Gasteiger partial charge is 0.462 e. The zero-order valence-electron chi connectivity index (χ0n) is 20.3. The summed E-state index contributed by atoms with van der Waals surface area (Å²) >= 11 is 7.01. The summed E-state index contributed by atoms with van der Waals surface area (Å²) in [4.78, 5) is 27.0. The lowest BCUT2D eigenvalue weighted by atomic mass is 10.2. The first-order chi connectivity index (χ1) is 17.7. The molecule has 1 aromatic heterocycles. The number of hydrogen-bond donors (Lipinski definition) is 1. The van der Waals surface area contributed by atoms with E-state index in [0.29, 0.717) is 24.6 Å². The van der Waals surface area contributed by atoms with Crippen molar-refractivity contribution in [3.8, 4) is 0 Å². The Bertz CT molecular complexity index is 1390. The molecular weight excluding hydrogens is 538 g/mol. The van der Waals surface area contributed by atoms with Crippen molar-refractivity contribution in [3.63, 3.8) is 0 Å². The molecule has 1 saturated heterocycles. The number of hydrogen-bond acceptors (Lipinski definition) is 8. The first-order valence-electron chi connectivity index (χ1n) is 11.5. The quantitative estimate of drug-likeness (QED) is 0.402. The minimum Gasteiger partial charge on any atom is -0.462 e. The first kappa shape index (κ1) is 26.9. The van der Waals surface area contributed by atoms with E-state index in [1.165, 1.54) is 19.2 Å². The van der Waals surface area contributed by atoms with Gasteiger partial charge in [0.05, 0.1) is 35.4 Å². The second-order valence-corrected chi connectivity index (χ2v) is 11.7.